The van der Waals surface area contributed by atoms with E-state index in [1.165, 1.54) is 20.5 Å². The number of hydrogen-bond acceptors (Lipinski definition) is 5. The molecular weight excluding hydrogens is 364 g/mol. The largest absolute Gasteiger partial charge is 0.480 e. The van der Waals surface area contributed by atoms with Crippen molar-refractivity contribution in [2.45, 2.75) is 43.9 Å². The zero-order chi connectivity index (χ0) is 18.8. The number of carboxylic acid groups (broad SMARTS) is 1. The highest BCUT2D eigenvalue weighted by Gasteiger charge is 2.36. The topological polar surface area (TPSA) is 95.0 Å². The van der Waals surface area contributed by atoms with Gasteiger partial charge in [-0.05, 0) is 45.7 Å². The Kier molecular flexibility index (Phi) is 6.23. The van der Waals surface area contributed by atoms with Crippen molar-refractivity contribution < 1.29 is 23.1 Å². The molecule has 0 saturated carbocycles. The van der Waals surface area contributed by atoms with Crippen LogP contribution in [0.5, 0.6) is 0 Å². The smallest absolute Gasteiger partial charge is 0.323 e. The number of nitrogens with zero attached hydrogens (tertiary/aromatic N) is 2. The molecule has 140 valence electrons. The number of rotatable bonds is 6. The number of amides is 1. The zero-order valence-electron chi connectivity index (χ0n) is 14.6. The van der Waals surface area contributed by atoms with Crippen LogP contribution in [0.25, 0.3) is 0 Å². The number of hydrogen-bond donors (Lipinski definition) is 1. The molecule has 1 aliphatic heterocycles. The predicted molar refractivity (Wildman–Crippen MR) is 95.0 cm³/mol. The van der Waals surface area contributed by atoms with Crippen molar-refractivity contribution in [1.29, 1.82) is 0 Å². The van der Waals surface area contributed by atoms with Crippen LogP contribution in [0.15, 0.2) is 16.3 Å². The first-order chi connectivity index (χ1) is 11.6. The normalized spacial score (nSPS) is 19.1. The molecule has 1 unspecified atom stereocenters. The van der Waals surface area contributed by atoms with Crippen molar-refractivity contribution in [1.82, 2.24) is 9.21 Å². The van der Waals surface area contributed by atoms with E-state index in [9.17, 15) is 18.0 Å². The molecule has 1 atom stereocenters. The molecule has 1 aromatic heterocycles. The predicted octanol–water partition coefficient (Wildman–Crippen LogP) is 1.78. The molecule has 1 fully saturated rings. The number of sulfonamides is 1. The number of carbonyl (C=O) groups excluding carboxylic acids is 1. The lowest BCUT2D eigenvalue weighted by molar-refractivity contribution is -0.148. The maximum atomic E-state index is 12.8. The van der Waals surface area contributed by atoms with E-state index < -0.39 is 21.9 Å². The summed E-state index contributed by atoms with van der Waals surface area (Å²) in [6.45, 7) is 5.46. The minimum absolute atomic E-state index is 0.0982. The fourth-order valence-corrected chi connectivity index (χ4v) is 5.90. The highest BCUT2D eigenvalue weighted by atomic mass is 32.2. The fraction of sp³-hybridized carbons (Fsp3) is 0.625. The summed E-state index contributed by atoms with van der Waals surface area (Å²) in [7, 11) is -3.61. The monoisotopic (exact) mass is 388 g/mol. The zero-order valence-corrected chi connectivity index (χ0v) is 16.3. The molecule has 0 radical (unpaired) electrons. The van der Waals surface area contributed by atoms with E-state index in [1.54, 1.807) is 26.0 Å². The SMILES string of the molecule is Cc1ccc(S(=O)(=O)N2CCCC(C(=O)N(CC(=O)O)C(C)C)C2)s1. The standard InChI is InChI=1S/C16H24N2O5S2/c1-11(2)18(10-14(19)20)16(21)13-5-4-8-17(9-13)25(22,23)15-7-6-12(3)24-15/h6-7,11,13H,4-5,8-10H2,1-3H3,(H,19,20). The molecular formula is C16H24N2O5S2. The van der Waals surface area contributed by atoms with Gasteiger partial charge in [-0.25, -0.2) is 8.42 Å². The maximum Gasteiger partial charge on any atom is 0.323 e. The summed E-state index contributed by atoms with van der Waals surface area (Å²) < 4.78 is 27.2. The summed E-state index contributed by atoms with van der Waals surface area (Å²) in [6.07, 6.45) is 1.15. The van der Waals surface area contributed by atoms with Crippen LogP contribution in [0.2, 0.25) is 0 Å². The van der Waals surface area contributed by atoms with E-state index in [2.05, 4.69) is 0 Å². The Morgan fingerprint density at radius 1 is 1.40 bits per heavy atom. The summed E-state index contributed by atoms with van der Waals surface area (Å²) in [5.41, 5.74) is 0. The molecule has 0 spiro atoms. The Morgan fingerprint density at radius 3 is 2.60 bits per heavy atom. The van der Waals surface area contributed by atoms with Gasteiger partial charge < -0.3 is 10.0 Å². The molecule has 7 nitrogen and oxygen atoms in total. The van der Waals surface area contributed by atoms with Gasteiger partial charge in [-0.15, -0.1) is 11.3 Å². The lowest BCUT2D eigenvalue weighted by Crippen LogP contribution is -2.49. The molecule has 1 N–H and O–H groups in total. The van der Waals surface area contributed by atoms with E-state index >= 15 is 0 Å². The molecule has 25 heavy (non-hydrogen) atoms. The highest BCUT2D eigenvalue weighted by molar-refractivity contribution is 7.91. The minimum atomic E-state index is -3.61. The Hall–Kier alpha value is -1.45. The summed E-state index contributed by atoms with van der Waals surface area (Å²) in [5.74, 6) is -1.87. The summed E-state index contributed by atoms with van der Waals surface area (Å²) >= 11 is 1.21. The molecule has 0 aliphatic carbocycles. The van der Waals surface area contributed by atoms with Crippen LogP contribution < -0.4 is 0 Å². The van der Waals surface area contributed by atoms with Crippen molar-refractivity contribution in [3.05, 3.63) is 17.0 Å². The Morgan fingerprint density at radius 2 is 2.08 bits per heavy atom. The molecule has 1 saturated heterocycles. The van der Waals surface area contributed by atoms with Gasteiger partial charge in [0, 0.05) is 24.0 Å². The quantitative estimate of drug-likeness (QED) is 0.801. The number of carboxylic acids is 1. The van der Waals surface area contributed by atoms with Crippen LogP contribution >= 0.6 is 11.3 Å². The lowest BCUT2D eigenvalue weighted by Gasteiger charge is -2.35. The number of aryl methyl sites for hydroxylation is 1. The third-order valence-electron chi connectivity index (χ3n) is 4.26. The molecule has 2 rings (SSSR count). The number of piperidine rings is 1. The lowest BCUT2D eigenvalue weighted by atomic mass is 9.97. The van der Waals surface area contributed by atoms with Gasteiger partial charge in [0.1, 0.15) is 10.8 Å². The van der Waals surface area contributed by atoms with Gasteiger partial charge in [-0.3, -0.25) is 9.59 Å². The number of aliphatic carboxylic acids is 1. The summed E-state index contributed by atoms with van der Waals surface area (Å²) in [4.78, 5) is 26.0. The van der Waals surface area contributed by atoms with Crippen LogP contribution in [0, 0.1) is 12.8 Å². The Bertz CT molecular complexity index is 741. The van der Waals surface area contributed by atoms with Crippen LogP contribution in [-0.4, -0.2) is 60.3 Å². The molecule has 0 bridgehead atoms. The Labute approximate surface area is 152 Å². The van der Waals surface area contributed by atoms with Crippen molar-refractivity contribution >= 4 is 33.2 Å². The number of carbonyl (C=O) groups is 2. The molecule has 2 heterocycles. The third-order valence-corrected chi connectivity index (χ3v) is 7.59. The number of thiophene rings is 1. The van der Waals surface area contributed by atoms with Gasteiger partial charge in [0.05, 0.1) is 5.92 Å². The minimum Gasteiger partial charge on any atom is -0.480 e. The van der Waals surface area contributed by atoms with Gasteiger partial charge in [-0.1, -0.05) is 0 Å². The average molecular weight is 389 g/mol. The first-order valence-corrected chi connectivity index (χ1v) is 10.5. The van der Waals surface area contributed by atoms with E-state index in [1.807, 2.05) is 6.92 Å². The van der Waals surface area contributed by atoms with E-state index in [0.29, 0.717) is 19.4 Å². The first-order valence-electron chi connectivity index (χ1n) is 8.21. The van der Waals surface area contributed by atoms with Crippen LogP contribution in [-0.2, 0) is 19.6 Å². The Balaban J connectivity index is 2.17. The van der Waals surface area contributed by atoms with Crippen LogP contribution in [0.1, 0.15) is 31.6 Å². The van der Waals surface area contributed by atoms with Crippen molar-refractivity contribution in [2.75, 3.05) is 19.6 Å². The van der Waals surface area contributed by atoms with Gasteiger partial charge in [0.2, 0.25) is 5.91 Å². The average Bonchev–Trinajstić information content (AvgIpc) is 2.99. The van der Waals surface area contributed by atoms with Gasteiger partial charge in [0.15, 0.2) is 0 Å². The highest BCUT2D eigenvalue weighted by Crippen LogP contribution is 2.29. The molecule has 1 aromatic rings. The van der Waals surface area contributed by atoms with Crippen molar-refractivity contribution in [3.63, 3.8) is 0 Å². The summed E-state index contributed by atoms with van der Waals surface area (Å²) in [5, 5.41) is 9.01. The summed E-state index contributed by atoms with van der Waals surface area (Å²) in [6, 6.07) is 3.10. The maximum absolute atomic E-state index is 12.8. The van der Waals surface area contributed by atoms with Crippen molar-refractivity contribution in [2.24, 2.45) is 5.92 Å². The third kappa shape index (κ3) is 4.59. The first kappa shape index (κ1) is 19.9. The molecule has 9 heteroatoms. The van der Waals surface area contributed by atoms with Gasteiger partial charge >= 0.3 is 5.97 Å². The molecule has 1 aliphatic rings. The van der Waals surface area contributed by atoms with Crippen LogP contribution in [0.3, 0.4) is 0 Å². The van der Waals surface area contributed by atoms with E-state index in [0.717, 1.165) is 4.88 Å². The molecule has 1 amide bonds. The second kappa shape index (κ2) is 7.84. The van der Waals surface area contributed by atoms with Gasteiger partial charge in [0.25, 0.3) is 10.0 Å². The van der Waals surface area contributed by atoms with Gasteiger partial charge in [-0.2, -0.15) is 4.31 Å². The fourth-order valence-electron chi connectivity index (χ4n) is 2.94. The van der Waals surface area contributed by atoms with Crippen LogP contribution in [0.4, 0.5) is 0 Å². The second-order valence-electron chi connectivity index (χ2n) is 6.52. The van der Waals surface area contributed by atoms with E-state index in [4.69, 9.17) is 5.11 Å². The van der Waals surface area contributed by atoms with E-state index in [-0.39, 0.29) is 29.2 Å². The second-order valence-corrected chi connectivity index (χ2v) is 9.97. The molecule has 0 aromatic carbocycles. The van der Waals surface area contributed by atoms with Crippen molar-refractivity contribution in [3.8, 4) is 0 Å².